The van der Waals surface area contributed by atoms with Gasteiger partial charge in [0.1, 0.15) is 17.4 Å². The van der Waals surface area contributed by atoms with Crippen LogP contribution in [0.1, 0.15) is 16.1 Å². The Balaban J connectivity index is 2.00. The minimum absolute atomic E-state index is 0.0310. The summed E-state index contributed by atoms with van der Waals surface area (Å²) in [5, 5.41) is 0. The molecule has 19 heavy (non-hydrogen) atoms. The first-order valence-electron chi connectivity index (χ1n) is 5.75. The van der Waals surface area contributed by atoms with Gasteiger partial charge in [0.2, 0.25) is 0 Å². The largest absolute Gasteiger partial charge is 0.468 e. The molecule has 2 aromatic rings. The topological polar surface area (TPSA) is 33.5 Å². The lowest BCUT2D eigenvalue weighted by Gasteiger charge is -2.14. The lowest BCUT2D eigenvalue weighted by atomic mass is 10.1. The summed E-state index contributed by atoms with van der Waals surface area (Å²) >= 11 is 0. The summed E-state index contributed by atoms with van der Waals surface area (Å²) in [6.45, 7) is 0.477. The van der Waals surface area contributed by atoms with Gasteiger partial charge in [-0.1, -0.05) is 0 Å². The number of furan rings is 1. The molecule has 0 aliphatic carbocycles. The first kappa shape index (κ1) is 13.4. The fraction of sp³-hybridized carbons (Fsp3) is 0.214. The Morgan fingerprint density at radius 3 is 2.74 bits per heavy atom. The number of rotatable bonds is 5. The third kappa shape index (κ3) is 3.48. The first-order valence-corrected chi connectivity index (χ1v) is 5.75. The van der Waals surface area contributed by atoms with Gasteiger partial charge in [0, 0.05) is 6.07 Å². The van der Waals surface area contributed by atoms with Gasteiger partial charge >= 0.3 is 0 Å². The van der Waals surface area contributed by atoms with Crippen LogP contribution >= 0.6 is 0 Å². The van der Waals surface area contributed by atoms with Gasteiger partial charge in [0.05, 0.1) is 24.9 Å². The molecule has 0 unspecified atom stereocenters. The van der Waals surface area contributed by atoms with Crippen molar-refractivity contribution in [1.29, 1.82) is 0 Å². The van der Waals surface area contributed by atoms with Crippen molar-refractivity contribution in [2.75, 3.05) is 13.6 Å². The summed E-state index contributed by atoms with van der Waals surface area (Å²) < 4.78 is 31.3. The fourth-order valence-electron chi connectivity index (χ4n) is 1.77. The maximum Gasteiger partial charge on any atom is 0.179 e. The Morgan fingerprint density at radius 2 is 2.11 bits per heavy atom. The second kappa shape index (κ2) is 5.75. The number of halogens is 2. The van der Waals surface area contributed by atoms with E-state index in [1.165, 1.54) is 0 Å². The molecule has 1 aromatic heterocycles. The zero-order valence-corrected chi connectivity index (χ0v) is 10.4. The number of nitrogens with zero attached hydrogens (tertiary/aromatic N) is 1. The number of carbonyl (C=O) groups is 1. The SMILES string of the molecule is CN(CC(=O)c1ccc(F)cc1F)Cc1ccco1. The van der Waals surface area contributed by atoms with Gasteiger partial charge in [-0.05, 0) is 31.3 Å². The van der Waals surface area contributed by atoms with Crippen LogP contribution in [-0.2, 0) is 6.54 Å². The van der Waals surface area contributed by atoms with Crippen LogP contribution in [0.4, 0.5) is 8.78 Å². The van der Waals surface area contributed by atoms with Crippen LogP contribution < -0.4 is 0 Å². The summed E-state index contributed by atoms with van der Waals surface area (Å²) in [6, 6.07) is 6.49. The van der Waals surface area contributed by atoms with Crippen LogP contribution in [0.3, 0.4) is 0 Å². The molecule has 0 aliphatic heterocycles. The number of hydrogen-bond acceptors (Lipinski definition) is 3. The van der Waals surface area contributed by atoms with E-state index in [1.54, 1.807) is 30.3 Å². The van der Waals surface area contributed by atoms with Crippen molar-refractivity contribution in [2.24, 2.45) is 0 Å². The van der Waals surface area contributed by atoms with E-state index in [-0.39, 0.29) is 12.1 Å². The molecule has 3 nitrogen and oxygen atoms in total. The first-order chi connectivity index (χ1) is 9.06. The van der Waals surface area contributed by atoms with Gasteiger partial charge in [-0.2, -0.15) is 0 Å². The minimum Gasteiger partial charge on any atom is -0.468 e. The van der Waals surface area contributed by atoms with Gasteiger partial charge in [-0.15, -0.1) is 0 Å². The van der Waals surface area contributed by atoms with Crippen molar-refractivity contribution < 1.29 is 18.0 Å². The zero-order valence-electron chi connectivity index (χ0n) is 10.4. The Bertz CT molecular complexity index is 567. The molecule has 0 atom stereocenters. The van der Waals surface area contributed by atoms with E-state index in [0.29, 0.717) is 12.6 Å². The average molecular weight is 265 g/mol. The summed E-state index contributed by atoms with van der Waals surface area (Å²) in [6.07, 6.45) is 1.55. The van der Waals surface area contributed by atoms with Gasteiger partial charge in [-0.3, -0.25) is 9.69 Å². The molecule has 0 bridgehead atoms. The van der Waals surface area contributed by atoms with Gasteiger partial charge < -0.3 is 4.42 Å². The summed E-state index contributed by atoms with van der Waals surface area (Å²) in [5.74, 6) is -1.21. The van der Waals surface area contributed by atoms with E-state index in [9.17, 15) is 13.6 Å². The highest BCUT2D eigenvalue weighted by molar-refractivity contribution is 5.97. The molecule has 0 radical (unpaired) electrons. The van der Waals surface area contributed by atoms with E-state index in [4.69, 9.17) is 4.42 Å². The smallest absolute Gasteiger partial charge is 0.179 e. The molecule has 0 saturated heterocycles. The number of Topliss-reactive ketones (excluding diaryl/α,β-unsaturated/α-hetero) is 1. The maximum atomic E-state index is 13.4. The molecule has 0 amide bonds. The number of likely N-dealkylation sites (N-methyl/N-ethyl adjacent to an activating group) is 1. The third-order valence-corrected chi connectivity index (χ3v) is 2.65. The predicted molar refractivity (Wildman–Crippen MR) is 65.7 cm³/mol. The van der Waals surface area contributed by atoms with E-state index < -0.39 is 17.4 Å². The van der Waals surface area contributed by atoms with Gasteiger partial charge in [0.15, 0.2) is 5.78 Å². The average Bonchev–Trinajstić information content (AvgIpc) is 2.81. The van der Waals surface area contributed by atoms with Crippen LogP contribution in [0.25, 0.3) is 0 Å². The highest BCUT2D eigenvalue weighted by Crippen LogP contribution is 2.11. The molecular weight excluding hydrogens is 252 g/mol. The number of hydrogen-bond donors (Lipinski definition) is 0. The van der Waals surface area contributed by atoms with Crippen molar-refractivity contribution in [1.82, 2.24) is 4.90 Å². The number of ketones is 1. The molecule has 0 aliphatic rings. The summed E-state index contributed by atoms with van der Waals surface area (Å²) in [4.78, 5) is 13.6. The summed E-state index contributed by atoms with van der Waals surface area (Å²) in [7, 11) is 1.72. The zero-order chi connectivity index (χ0) is 13.8. The number of carbonyl (C=O) groups excluding carboxylic acids is 1. The van der Waals surface area contributed by atoms with E-state index in [0.717, 1.165) is 17.9 Å². The molecule has 0 saturated carbocycles. The van der Waals surface area contributed by atoms with Crippen LogP contribution in [0.15, 0.2) is 41.0 Å². The molecule has 1 heterocycles. The van der Waals surface area contributed by atoms with Gasteiger partial charge in [0.25, 0.3) is 0 Å². The molecule has 100 valence electrons. The monoisotopic (exact) mass is 265 g/mol. The van der Waals surface area contributed by atoms with Crippen molar-refractivity contribution in [3.05, 3.63) is 59.6 Å². The third-order valence-electron chi connectivity index (χ3n) is 2.65. The Labute approximate surface area is 109 Å². The van der Waals surface area contributed by atoms with E-state index in [1.807, 2.05) is 0 Å². The summed E-state index contributed by atoms with van der Waals surface area (Å²) in [5.41, 5.74) is -0.104. The molecule has 2 rings (SSSR count). The van der Waals surface area contributed by atoms with Crippen LogP contribution in [0, 0.1) is 11.6 Å². The number of benzene rings is 1. The van der Waals surface area contributed by atoms with Crippen LogP contribution in [0.5, 0.6) is 0 Å². The Hall–Kier alpha value is -2.01. The van der Waals surface area contributed by atoms with Crippen molar-refractivity contribution in [2.45, 2.75) is 6.54 Å². The normalized spacial score (nSPS) is 10.9. The fourth-order valence-corrected chi connectivity index (χ4v) is 1.77. The molecule has 0 spiro atoms. The molecule has 5 heteroatoms. The standard InChI is InChI=1S/C14H13F2NO2/c1-17(8-11-3-2-6-19-11)9-14(18)12-5-4-10(15)7-13(12)16/h2-7H,8-9H2,1H3. The van der Waals surface area contributed by atoms with E-state index in [2.05, 4.69) is 0 Å². The highest BCUT2D eigenvalue weighted by atomic mass is 19.1. The molecule has 0 fully saturated rings. The quantitative estimate of drug-likeness (QED) is 0.779. The van der Waals surface area contributed by atoms with Gasteiger partial charge in [-0.25, -0.2) is 8.78 Å². The van der Waals surface area contributed by atoms with Crippen molar-refractivity contribution in [3.8, 4) is 0 Å². The highest BCUT2D eigenvalue weighted by Gasteiger charge is 2.15. The van der Waals surface area contributed by atoms with Crippen molar-refractivity contribution in [3.63, 3.8) is 0 Å². The lowest BCUT2D eigenvalue weighted by Crippen LogP contribution is -2.26. The molecule has 0 N–H and O–H groups in total. The predicted octanol–water partition coefficient (Wildman–Crippen LogP) is 2.87. The lowest BCUT2D eigenvalue weighted by molar-refractivity contribution is 0.0935. The Kier molecular flexibility index (Phi) is 4.06. The Morgan fingerprint density at radius 1 is 1.32 bits per heavy atom. The molecule has 1 aromatic carbocycles. The van der Waals surface area contributed by atoms with E-state index >= 15 is 0 Å². The minimum atomic E-state index is -0.837. The second-order valence-corrected chi connectivity index (χ2v) is 4.30. The molecular formula is C14H13F2NO2. The maximum absolute atomic E-state index is 13.4. The van der Waals surface area contributed by atoms with Crippen molar-refractivity contribution >= 4 is 5.78 Å². The second-order valence-electron chi connectivity index (χ2n) is 4.30. The van der Waals surface area contributed by atoms with Crippen LogP contribution in [-0.4, -0.2) is 24.3 Å². The van der Waals surface area contributed by atoms with Crippen LogP contribution in [0.2, 0.25) is 0 Å².